The Balaban J connectivity index is -0.0000000787. The van der Waals surface area contributed by atoms with E-state index in [1.807, 2.05) is 72.9 Å². The van der Waals surface area contributed by atoms with E-state index in [-0.39, 0.29) is 24.5 Å². The molecule has 0 aromatic heterocycles. The predicted octanol–water partition coefficient (Wildman–Crippen LogP) is 13.0. The summed E-state index contributed by atoms with van der Waals surface area (Å²) >= 11 is 0. The van der Waals surface area contributed by atoms with Crippen LogP contribution in [0.4, 0.5) is 0 Å². The second-order valence-electron chi connectivity index (χ2n) is 13.8. The largest absolute Gasteiger partial charge is 0.397 e. The van der Waals surface area contributed by atoms with Crippen molar-refractivity contribution < 1.29 is 34.0 Å². The van der Waals surface area contributed by atoms with Crippen LogP contribution in [0.15, 0.2) is 60.7 Å². The van der Waals surface area contributed by atoms with Gasteiger partial charge in [0.15, 0.2) is 0 Å². The van der Waals surface area contributed by atoms with Crippen molar-refractivity contribution in [2.45, 2.75) is 195 Å². The molecule has 10 heteroatoms. The van der Waals surface area contributed by atoms with E-state index in [4.69, 9.17) is 19.7 Å². The Morgan fingerprint density at radius 3 is 1.20 bits per heavy atom. The Morgan fingerprint density at radius 1 is 0.615 bits per heavy atom. The van der Waals surface area contributed by atoms with Gasteiger partial charge in [-0.15, -0.1) is 0 Å². The molecule has 1 unspecified atom stereocenters. The minimum Gasteiger partial charge on any atom is -0.397 e. The standard InChI is InChI=1S/C11H15NO.C9H12.C6H14O2.C6H12.C5H11NO.C4H10O.C3H9N.C3H8O.2C3H8.C2H6O/c1-3-11(13)12-8-10-6-4-9(2)5-7-10;1-3-9-6-4-8(2)5-7-9;1-3-6(7)5-8-4-2;1-3-5-6-4-2;1-3-5(7)6-4-2;1-3-4-5-2;2*1-3-4-2;2*1-3-2;1-2-3/h4-7H,3,8H2,1-2H3,(H,12,13);4-7H,3H2,1-2H3;6-7H,3-5H2,1-2H3;5-6H,3-4H2,1-2H3;3-4H2,1-2H3,(H,6,7);3-4H2,1-2H3;4H,3H2,1-2H3;3H2,1-2H3;2*3H2,1-2H3;3H,2H2,1H3. The molecule has 0 heterocycles. The predicted molar refractivity (Wildman–Crippen MR) is 289 cm³/mol. The molecule has 0 fully saturated rings. The van der Waals surface area contributed by atoms with Crippen LogP contribution in [-0.2, 0) is 36.8 Å². The van der Waals surface area contributed by atoms with E-state index in [1.165, 1.54) is 42.4 Å². The third-order valence-electron chi connectivity index (χ3n) is 6.83. The summed E-state index contributed by atoms with van der Waals surface area (Å²) in [5.74, 6) is 0.225. The van der Waals surface area contributed by atoms with Crippen molar-refractivity contribution in [2.75, 3.05) is 67.4 Å². The molecule has 2 aromatic rings. The van der Waals surface area contributed by atoms with Crippen molar-refractivity contribution in [2.24, 2.45) is 0 Å². The first kappa shape index (κ1) is 82.0. The number of aliphatic hydroxyl groups excluding tert-OH is 2. The molecular formula is C55H113N3O7. The van der Waals surface area contributed by atoms with Crippen LogP contribution in [0.2, 0.25) is 0 Å². The lowest BCUT2D eigenvalue weighted by molar-refractivity contribution is -0.121. The van der Waals surface area contributed by atoms with Crippen LogP contribution in [0.3, 0.4) is 0 Å². The lowest BCUT2D eigenvalue weighted by atomic mass is 10.1. The van der Waals surface area contributed by atoms with E-state index in [0.717, 1.165) is 51.1 Å². The molecule has 65 heavy (non-hydrogen) atoms. The summed E-state index contributed by atoms with van der Waals surface area (Å²) < 4.78 is 14.2. The lowest BCUT2D eigenvalue weighted by Gasteiger charge is -2.05. The van der Waals surface area contributed by atoms with Crippen molar-refractivity contribution in [3.63, 3.8) is 0 Å². The average molecular weight is 929 g/mol. The third kappa shape index (κ3) is 110. The summed E-state index contributed by atoms with van der Waals surface area (Å²) in [4.78, 5) is 21.2. The van der Waals surface area contributed by atoms with Gasteiger partial charge >= 0.3 is 0 Å². The summed E-state index contributed by atoms with van der Waals surface area (Å²) in [5, 5.41) is 24.8. The second-order valence-corrected chi connectivity index (χ2v) is 13.8. The highest BCUT2D eigenvalue weighted by Crippen LogP contribution is 2.03. The molecule has 5 N–H and O–H groups in total. The van der Waals surface area contributed by atoms with E-state index in [2.05, 4.69) is 133 Å². The number of ether oxygens (including phenoxy) is 3. The number of aliphatic hydroxyl groups is 2. The molecule has 10 nitrogen and oxygen atoms in total. The number of carbonyl (C=O) groups excluding carboxylic acids is 2. The monoisotopic (exact) mass is 928 g/mol. The first-order chi connectivity index (χ1) is 31.1. The van der Waals surface area contributed by atoms with Gasteiger partial charge in [-0.3, -0.25) is 9.59 Å². The van der Waals surface area contributed by atoms with E-state index >= 15 is 0 Å². The number of amides is 2. The first-order valence-corrected chi connectivity index (χ1v) is 24.9. The van der Waals surface area contributed by atoms with Crippen LogP contribution in [0.25, 0.3) is 0 Å². The van der Waals surface area contributed by atoms with Crippen molar-refractivity contribution >= 4 is 11.8 Å². The molecule has 0 aliphatic heterocycles. The zero-order valence-electron chi connectivity index (χ0n) is 46.8. The minimum atomic E-state index is -0.269. The Morgan fingerprint density at radius 2 is 0.985 bits per heavy atom. The van der Waals surface area contributed by atoms with Crippen LogP contribution in [0.1, 0.15) is 184 Å². The van der Waals surface area contributed by atoms with Gasteiger partial charge in [-0.1, -0.05) is 168 Å². The van der Waals surface area contributed by atoms with E-state index in [0.29, 0.717) is 32.6 Å². The molecule has 0 spiro atoms. The minimum absolute atomic E-state index is 0.0978. The molecule has 0 saturated heterocycles. The molecule has 2 amide bonds. The fraction of sp³-hybridized carbons (Fsp3) is 0.709. The number of nitrogens with one attached hydrogen (secondary N) is 3. The van der Waals surface area contributed by atoms with Gasteiger partial charge in [-0.25, -0.2) is 0 Å². The topological polar surface area (TPSA) is 138 Å². The Kier molecular flexibility index (Phi) is 106. The quantitative estimate of drug-likeness (QED) is 0.105. The highest BCUT2D eigenvalue weighted by molar-refractivity contribution is 5.75. The fourth-order valence-corrected chi connectivity index (χ4v) is 3.09. The van der Waals surface area contributed by atoms with Gasteiger partial charge < -0.3 is 40.4 Å². The van der Waals surface area contributed by atoms with Crippen molar-refractivity contribution in [1.29, 1.82) is 0 Å². The molecule has 2 aromatic carbocycles. The maximum absolute atomic E-state index is 10.9. The zero-order valence-corrected chi connectivity index (χ0v) is 46.8. The van der Waals surface area contributed by atoms with Gasteiger partial charge in [-0.05, 0) is 98.4 Å². The molecule has 2 rings (SSSR count). The first-order valence-electron chi connectivity index (χ1n) is 24.9. The van der Waals surface area contributed by atoms with Crippen molar-refractivity contribution in [1.82, 2.24) is 16.0 Å². The van der Waals surface area contributed by atoms with Gasteiger partial charge in [-0.2, -0.15) is 0 Å². The summed E-state index contributed by atoms with van der Waals surface area (Å²) in [6, 6.07) is 16.8. The van der Waals surface area contributed by atoms with E-state index in [1.54, 1.807) is 21.1 Å². The smallest absolute Gasteiger partial charge is 0.219 e. The number of methoxy groups -OCH3 is 2. The maximum atomic E-state index is 10.9. The number of rotatable bonds is 16. The number of allylic oxidation sites excluding steroid dienone is 2. The number of hydrogen-bond acceptors (Lipinski definition) is 8. The second kappa shape index (κ2) is 84.3. The zero-order chi connectivity index (χ0) is 52.4. The van der Waals surface area contributed by atoms with Gasteiger partial charge in [0.2, 0.25) is 11.8 Å². The molecule has 0 aliphatic rings. The van der Waals surface area contributed by atoms with E-state index in [9.17, 15) is 9.59 Å². The number of carbonyl (C=O) groups is 2. The third-order valence-corrected chi connectivity index (χ3v) is 6.83. The molecule has 0 radical (unpaired) electrons. The molecule has 0 aliphatic carbocycles. The summed E-state index contributed by atoms with van der Waals surface area (Å²) in [6.07, 6.45) is 13.1. The normalized spacial score (nSPS) is 9.22. The van der Waals surface area contributed by atoms with Crippen LogP contribution >= 0.6 is 0 Å². The highest BCUT2D eigenvalue weighted by atomic mass is 16.5. The van der Waals surface area contributed by atoms with Crippen LogP contribution in [0, 0.1) is 13.8 Å². The van der Waals surface area contributed by atoms with Crippen molar-refractivity contribution in [3.05, 3.63) is 82.9 Å². The molecule has 0 saturated carbocycles. The SMILES string of the molecule is CCC.CCC.CCC(=O)NCc1ccc(C)cc1.CCC=CCC.CCCOC.CCNC.CCNC(=O)CC.CCO.CCOC.CCOCC(O)CC.CCc1ccc(C)cc1. The summed E-state index contributed by atoms with van der Waals surface area (Å²) in [6.45, 7) is 41.9. The van der Waals surface area contributed by atoms with Crippen LogP contribution < -0.4 is 16.0 Å². The highest BCUT2D eigenvalue weighted by Gasteiger charge is 1.97. The molecule has 390 valence electrons. The number of hydrogen-bond donors (Lipinski definition) is 5. The molecule has 0 bridgehead atoms. The van der Waals surface area contributed by atoms with Crippen LogP contribution in [-0.4, -0.2) is 95.5 Å². The lowest BCUT2D eigenvalue weighted by Crippen LogP contribution is -2.21. The Labute approximate surface area is 405 Å². The fourth-order valence-electron chi connectivity index (χ4n) is 3.09. The molecule has 1 atom stereocenters. The van der Waals surface area contributed by atoms with Gasteiger partial charge in [0.25, 0.3) is 0 Å². The summed E-state index contributed by atoms with van der Waals surface area (Å²) in [7, 11) is 5.32. The van der Waals surface area contributed by atoms with Crippen LogP contribution in [0.5, 0.6) is 0 Å². The van der Waals surface area contributed by atoms with Gasteiger partial charge in [0.05, 0.1) is 12.7 Å². The Bertz CT molecular complexity index is 1060. The average Bonchev–Trinajstić information content (AvgIpc) is 3.32. The number of benzene rings is 2. The maximum Gasteiger partial charge on any atom is 0.219 e. The Hall–Kier alpha value is -3.12. The van der Waals surface area contributed by atoms with Gasteiger partial charge in [0.1, 0.15) is 0 Å². The summed E-state index contributed by atoms with van der Waals surface area (Å²) in [5.41, 5.74) is 5.14. The number of aryl methyl sites for hydroxylation is 3. The van der Waals surface area contributed by atoms with E-state index < -0.39 is 0 Å². The molecular weight excluding hydrogens is 815 g/mol. The van der Waals surface area contributed by atoms with Gasteiger partial charge in [0, 0.05) is 66.6 Å². The van der Waals surface area contributed by atoms with Crippen molar-refractivity contribution in [3.8, 4) is 0 Å².